The molecule has 0 saturated carbocycles. The van der Waals surface area contributed by atoms with E-state index in [1.165, 1.54) is 19.2 Å². The molecule has 0 aliphatic carbocycles. The van der Waals surface area contributed by atoms with Crippen molar-refractivity contribution in [2.75, 3.05) is 25.6 Å². The van der Waals surface area contributed by atoms with E-state index < -0.39 is 17.6 Å². The van der Waals surface area contributed by atoms with E-state index in [0.29, 0.717) is 19.6 Å². The first-order chi connectivity index (χ1) is 10.9. The van der Waals surface area contributed by atoms with Gasteiger partial charge in [-0.05, 0) is 24.6 Å². The number of carbonyl (C=O) groups is 1. The highest BCUT2D eigenvalue weighted by Gasteiger charge is 2.30. The fraction of sp³-hybridized carbons (Fsp3) is 0.333. The van der Waals surface area contributed by atoms with Crippen LogP contribution in [0.25, 0.3) is 0 Å². The lowest BCUT2D eigenvalue weighted by atomic mass is 10.2. The van der Waals surface area contributed by atoms with Crippen LogP contribution < -0.4 is 10.6 Å². The van der Waals surface area contributed by atoms with E-state index >= 15 is 0 Å². The first-order valence-corrected chi connectivity index (χ1v) is 6.69. The summed E-state index contributed by atoms with van der Waals surface area (Å²) in [5.74, 6) is -0.608. The smallest absolute Gasteiger partial charge is 0.385 e. The fourth-order valence-electron chi connectivity index (χ4n) is 1.60. The number of nitrogens with zero attached hydrogens (tertiary/aromatic N) is 1. The molecule has 0 atom stereocenters. The van der Waals surface area contributed by atoms with E-state index in [-0.39, 0.29) is 11.3 Å². The second-order valence-corrected chi connectivity index (χ2v) is 4.49. The number of alkyl halides is 3. The average molecular weight is 327 g/mol. The molecule has 0 bridgehead atoms. The van der Waals surface area contributed by atoms with E-state index in [2.05, 4.69) is 10.6 Å². The van der Waals surface area contributed by atoms with E-state index in [9.17, 15) is 18.0 Å². The Labute approximate surface area is 131 Å². The highest BCUT2D eigenvalue weighted by atomic mass is 19.4. The number of hydrogen-bond acceptors (Lipinski definition) is 4. The van der Waals surface area contributed by atoms with Gasteiger partial charge >= 0.3 is 6.18 Å². The van der Waals surface area contributed by atoms with Gasteiger partial charge in [-0.25, -0.2) is 0 Å². The zero-order valence-electron chi connectivity index (χ0n) is 12.4. The summed E-state index contributed by atoms with van der Waals surface area (Å²) in [6.45, 7) is 0.795. The van der Waals surface area contributed by atoms with Crippen LogP contribution in [0.15, 0.2) is 36.0 Å². The van der Waals surface area contributed by atoms with Gasteiger partial charge in [0, 0.05) is 32.1 Å². The van der Waals surface area contributed by atoms with E-state index in [0.717, 1.165) is 18.3 Å². The number of ether oxygens (including phenoxy) is 1. The van der Waals surface area contributed by atoms with Gasteiger partial charge in [-0.3, -0.25) is 4.79 Å². The Kier molecular flexibility index (Phi) is 7.09. The number of carbonyl (C=O) groups excluding carboxylic acids is 1. The topological polar surface area (TPSA) is 74.1 Å². The maximum Gasteiger partial charge on any atom is 0.416 e. The van der Waals surface area contributed by atoms with Crippen LogP contribution in [-0.2, 0) is 15.7 Å². The molecule has 1 aromatic rings. The molecule has 1 rings (SSSR count). The molecule has 0 aromatic heterocycles. The Hall–Kier alpha value is -2.53. The molecule has 0 unspecified atom stereocenters. The number of halogens is 3. The molecule has 0 spiro atoms. The summed E-state index contributed by atoms with van der Waals surface area (Å²) in [5, 5.41) is 14.0. The van der Waals surface area contributed by atoms with E-state index in [1.807, 2.05) is 0 Å². The summed E-state index contributed by atoms with van der Waals surface area (Å²) in [6.07, 6.45) is -2.80. The van der Waals surface area contributed by atoms with Crippen molar-refractivity contribution >= 4 is 11.6 Å². The Morgan fingerprint density at radius 1 is 1.43 bits per heavy atom. The molecule has 0 heterocycles. The van der Waals surface area contributed by atoms with E-state index in [1.54, 1.807) is 6.07 Å². The van der Waals surface area contributed by atoms with Crippen LogP contribution in [-0.4, -0.2) is 26.2 Å². The summed E-state index contributed by atoms with van der Waals surface area (Å²) in [5.41, 5.74) is -0.932. The summed E-state index contributed by atoms with van der Waals surface area (Å²) in [7, 11) is 1.53. The van der Waals surface area contributed by atoms with Crippen molar-refractivity contribution in [2.45, 2.75) is 12.6 Å². The maximum atomic E-state index is 12.6. The number of rotatable bonds is 7. The van der Waals surface area contributed by atoms with Crippen LogP contribution >= 0.6 is 0 Å². The third-order valence-corrected chi connectivity index (χ3v) is 2.75. The van der Waals surface area contributed by atoms with Crippen molar-refractivity contribution in [2.24, 2.45) is 0 Å². The molecule has 23 heavy (non-hydrogen) atoms. The van der Waals surface area contributed by atoms with Crippen molar-refractivity contribution in [3.63, 3.8) is 0 Å². The fourth-order valence-corrected chi connectivity index (χ4v) is 1.60. The number of hydrogen-bond donors (Lipinski definition) is 2. The standard InChI is InChI=1S/C15H16F3N3O2/c1-23-7-3-6-20-14(22)11(9-19)10-21-13-5-2-4-12(8-13)15(16,17)18/h2,4-5,8,10,21H,3,6-7H2,1H3,(H,20,22)/b11-10-. The first kappa shape index (κ1) is 18.5. The number of anilines is 1. The molecule has 124 valence electrons. The molecule has 1 aromatic carbocycles. The van der Waals surface area contributed by atoms with Crippen LogP contribution in [0.3, 0.4) is 0 Å². The minimum absolute atomic E-state index is 0.125. The molecule has 1 amide bonds. The minimum Gasteiger partial charge on any atom is -0.385 e. The second-order valence-electron chi connectivity index (χ2n) is 4.49. The van der Waals surface area contributed by atoms with Crippen LogP contribution in [0.4, 0.5) is 18.9 Å². The van der Waals surface area contributed by atoms with Crippen molar-refractivity contribution in [1.29, 1.82) is 5.26 Å². The van der Waals surface area contributed by atoms with Crippen LogP contribution in [0.2, 0.25) is 0 Å². The predicted molar refractivity (Wildman–Crippen MR) is 78.3 cm³/mol. The van der Waals surface area contributed by atoms with Gasteiger partial charge in [0.1, 0.15) is 11.6 Å². The number of benzene rings is 1. The number of nitrogens with one attached hydrogen (secondary N) is 2. The lowest BCUT2D eigenvalue weighted by Gasteiger charge is -2.09. The molecular formula is C15H16F3N3O2. The Morgan fingerprint density at radius 3 is 2.78 bits per heavy atom. The molecular weight excluding hydrogens is 311 g/mol. The highest BCUT2D eigenvalue weighted by Crippen LogP contribution is 2.30. The van der Waals surface area contributed by atoms with Gasteiger partial charge in [-0.2, -0.15) is 18.4 Å². The molecule has 0 radical (unpaired) electrons. The molecule has 5 nitrogen and oxygen atoms in total. The zero-order chi connectivity index (χ0) is 17.3. The summed E-state index contributed by atoms with van der Waals surface area (Å²) >= 11 is 0. The predicted octanol–water partition coefficient (Wildman–Crippen LogP) is 2.68. The summed E-state index contributed by atoms with van der Waals surface area (Å²) in [6, 6.07) is 6.15. The van der Waals surface area contributed by atoms with Crippen molar-refractivity contribution in [3.8, 4) is 6.07 Å². The molecule has 0 aliphatic rings. The van der Waals surface area contributed by atoms with Gasteiger partial charge in [-0.15, -0.1) is 0 Å². The van der Waals surface area contributed by atoms with Crippen molar-refractivity contribution in [3.05, 3.63) is 41.6 Å². The van der Waals surface area contributed by atoms with Gasteiger partial charge in [0.05, 0.1) is 5.56 Å². The van der Waals surface area contributed by atoms with Gasteiger partial charge < -0.3 is 15.4 Å². The average Bonchev–Trinajstić information content (AvgIpc) is 2.51. The normalized spacial score (nSPS) is 11.7. The Balaban J connectivity index is 2.70. The van der Waals surface area contributed by atoms with E-state index in [4.69, 9.17) is 10.00 Å². The molecule has 0 aliphatic heterocycles. The van der Waals surface area contributed by atoms with Gasteiger partial charge in [0.25, 0.3) is 5.91 Å². The minimum atomic E-state index is -4.46. The summed E-state index contributed by atoms with van der Waals surface area (Å²) in [4.78, 5) is 11.7. The van der Waals surface area contributed by atoms with Gasteiger partial charge in [0.2, 0.25) is 0 Å². The maximum absolute atomic E-state index is 12.6. The highest BCUT2D eigenvalue weighted by molar-refractivity contribution is 5.97. The largest absolute Gasteiger partial charge is 0.416 e. The number of methoxy groups -OCH3 is 1. The molecule has 8 heteroatoms. The SMILES string of the molecule is COCCCNC(=O)/C(C#N)=C\Nc1cccc(C(F)(F)F)c1. The summed E-state index contributed by atoms with van der Waals surface area (Å²) < 4.78 is 42.6. The Bertz CT molecular complexity index is 607. The third kappa shape index (κ3) is 6.40. The van der Waals surface area contributed by atoms with Gasteiger partial charge in [-0.1, -0.05) is 6.07 Å². The second kappa shape index (κ2) is 8.80. The quantitative estimate of drug-likeness (QED) is 0.459. The molecule has 2 N–H and O–H groups in total. The van der Waals surface area contributed by atoms with Gasteiger partial charge in [0.15, 0.2) is 0 Å². The third-order valence-electron chi connectivity index (χ3n) is 2.75. The number of amides is 1. The van der Waals surface area contributed by atoms with Crippen molar-refractivity contribution < 1.29 is 22.7 Å². The molecule has 0 fully saturated rings. The van der Waals surface area contributed by atoms with Crippen molar-refractivity contribution in [1.82, 2.24) is 5.32 Å². The lowest BCUT2D eigenvalue weighted by Crippen LogP contribution is -2.26. The van der Waals surface area contributed by atoms with Crippen LogP contribution in [0.5, 0.6) is 0 Å². The lowest BCUT2D eigenvalue weighted by molar-refractivity contribution is -0.137. The van der Waals surface area contributed by atoms with Crippen LogP contribution in [0, 0.1) is 11.3 Å². The monoisotopic (exact) mass is 327 g/mol. The van der Waals surface area contributed by atoms with Crippen LogP contribution in [0.1, 0.15) is 12.0 Å². The molecule has 0 saturated heterocycles. The zero-order valence-corrected chi connectivity index (χ0v) is 12.4. The number of nitriles is 1. The Morgan fingerprint density at radius 2 is 2.17 bits per heavy atom. The first-order valence-electron chi connectivity index (χ1n) is 6.69.